The zero-order chi connectivity index (χ0) is 11.8. The van der Waals surface area contributed by atoms with Gasteiger partial charge in [-0.2, -0.15) is 0 Å². The maximum Gasteiger partial charge on any atom is 0.270 e. The van der Waals surface area contributed by atoms with Crippen molar-refractivity contribution in [2.45, 2.75) is 50.6 Å². The molecule has 17 heavy (non-hydrogen) atoms. The monoisotopic (exact) mass is 232 g/mol. The van der Waals surface area contributed by atoms with Gasteiger partial charge in [0.2, 0.25) is 0 Å². The molecule has 2 aliphatic rings. The topological polar surface area (TPSA) is 25.2 Å². The lowest BCUT2D eigenvalue weighted by atomic mass is 9.84. The summed E-state index contributed by atoms with van der Waals surface area (Å²) in [7, 11) is 1.95. The van der Waals surface area contributed by atoms with Crippen LogP contribution in [0.5, 0.6) is 0 Å². The van der Waals surface area contributed by atoms with Gasteiger partial charge < -0.3 is 9.47 Å². The summed E-state index contributed by atoms with van der Waals surface area (Å²) in [5.74, 6) is 0.243. The van der Waals surface area contributed by atoms with Crippen molar-refractivity contribution >= 4 is 5.91 Å². The van der Waals surface area contributed by atoms with E-state index in [1.165, 1.54) is 38.5 Å². The van der Waals surface area contributed by atoms with E-state index in [1.807, 2.05) is 29.9 Å². The molecule has 3 heteroatoms. The van der Waals surface area contributed by atoms with Crippen LogP contribution in [0.3, 0.4) is 0 Å². The summed E-state index contributed by atoms with van der Waals surface area (Å²) in [5, 5.41) is 0. The van der Waals surface area contributed by atoms with E-state index in [0.29, 0.717) is 12.1 Å². The van der Waals surface area contributed by atoms with Gasteiger partial charge >= 0.3 is 0 Å². The molecule has 1 aromatic rings. The highest BCUT2D eigenvalue weighted by Crippen LogP contribution is 2.34. The Balaban J connectivity index is 1.82. The molecule has 2 saturated carbocycles. The van der Waals surface area contributed by atoms with Gasteiger partial charge in [-0.15, -0.1) is 0 Å². The summed E-state index contributed by atoms with van der Waals surface area (Å²) in [5.41, 5.74) is 0.837. The third kappa shape index (κ3) is 1.78. The normalized spacial score (nSPS) is 20.8. The summed E-state index contributed by atoms with van der Waals surface area (Å²) < 4.78 is 1.94. The zero-order valence-electron chi connectivity index (χ0n) is 10.4. The van der Waals surface area contributed by atoms with Crippen LogP contribution in [0.2, 0.25) is 0 Å². The highest BCUT2D eigenvalue weighted by molar-refractivity contribution is 5.93. The Bertz CT molecular complexity index is 402. The average molecular weight is 232 g/mol. The Morgan fingerprint density at radius 1 is 1.24 bits per heavy atom. The summed E-state index contributed by atoms with van der Waals surface area (Å²) >= 11 is 0. The van der Waals surface area contributed by atoms with Gasteiger partial charge in [-0.05, 0) is 50.7 Å². The van der Waals surface area contributed by atoms with Crippen LogP contribution < -0.4 is 0 Å². The molecule has 2 aliphatic carbocycles. The first kappa shape index (κ1) is 10.9. The Morgan fingerprint density at radius 3 is 2.18 bits per heavy atom. The first-order valence-electron chi connectivity index (χ1n) is 6.71. The van der Waals surface area contributed by atoms with Crippen LogP contribution in [0, 0.1) is 0 Å². The molecule has 0 atom stereocenters. The van der Waals surface area contributed by atoms with Gasteiger partial charge in [0.1, 0.15) is 5.69 Å². The predicted molar refractivity (Wildman–Crippen MR) is 66.9 cm³/mol. The fourth-order valence-corrected chi connectivity index (χ4v) is 2.78. The summed E-state index contributed by atoms with van der Waals surface area (Å²) in [4.78, 5) is 14.8. The number of hydrogen-bond acceptors (Lipinski definition) is 1. The van der Waals surface area contributed by atoms with Crippen molar-refractivity contribution in [1.29, 1.82) is 0 Å². The van der Waals surface area contributed by atoms with Crippen molar-refractivity contribution in [2.24, 2.45) is 7.05 Å². The van der Waals surface area contributed by atoms with Crippen LogP contribution in [-0.4, -0.2) is 27.5 Å². The minimum atomic E-state index is 0.243. The molecule has 0 spiro atoms. The van der Waals surface area contributed by atoms with Crippen molar-refractivity contribution in [1.82, 2.24) is 9.47 Å². The molecule has 2 fully saturated rings. The minimum Gasteiger partial charge on any atom is -0.347 e. The second-order valence-corrected chi connectivity index (χ2v) is 5.39. The SMILES string of the molecule is Cn1cccc1C(=O)N(C1CCC1)C1CCC1. The number of aromatic nitrogens is 1. The van der Waals surface area contributed by atoms with E-state index in [2.05, 4.69) is 4.90 Å². The maximum atomic E-state index is 12.6. The number of nitrogens with zero attached hydrogens (tertiary/aromatic N) is 2. The average Bonchev–Trinajstić information content (AvgIpc) is 2.57. The Hall–Kier alpha value is -1.25. The van der Waals surface area contributed by atoms with Crippen molar-refractivity contribution in [3.8, 4) is 0 Å². The van der Waals surface area contributed by atoms with Crippen LogP contribution in [0.4, 0.5) is 0 Å². The molecule has 1 amide bonds. The first-order valence-corrected chi connectivity index (χ1v) is 6.71. The van der Waals surface area contributed by atoms with Crippen molar-refractivity contribution in [3.63, 3.8) is 0 Å². The third-order valence-corrected chi connectivity index (χ3v) is 4.33. The van der Waals surface area contributed by atoms with E-state index in [9.17, 15) is 4.79 Å². The number of carbonyl (C=O) groups excluding carboxylic acids is 1. The van der Waals surface area contributed by atoms with Crippen molar-refractivity contribution < 1.29 is 4.79 Å². The van der Waals surface area contributed by atoms with Crippen LogP contribution in [0.15, 0.2) is 18.3 Å². The number of rotatable bonds is 3. The lowest BCUT2D eigenvalue weighted by Crippen LogP contribution is -2.52. The van der Waals surface area contributed by atoms with E-state index in [-0.39, 0.29) is 5.91 Å². The molecule has 0 unspecified atom stereocenters. The van der Waals surface area contributed by atoms with E-state index in [4.69, 9.17) is 0 Å². The molecule has 1 aromatic heterocycles. The van der Waals surface area contributed by atoms with Crippen molar-refractivity contribution in [2.75, 3.05) is 0 Å². The van der Waals surface area contributed by atoms with E-state index < -0.39 is 0 Å². The fourth-order valence-electron chi connectivity index (χ4n) is 2.78. The van der Waals surface area contributed by atoms with Gasteiger partial charge in [0, 0.05) is 25.3 Å². The van der Waals surface area contributed by atoms with Gasteiger partial charge in [-0.25, -0.2) is 0 Å². The quantitative estimate of drug-likeness (QED) is 0.786. The second kappa shape index (κ2) is 4.21. The molecule has 0 aliphatic heterocycles. The molecule has 3 rings (SSSR count). The largest absolute Gasteiger partial charge is 0.347 e. The molecule has 0 N–H and O–H groups in total. The maximum absolute atomic E-state index is 12.6. The van der Waals surface area contributed by atoms with Crippen LogP contribution in [0.1, 0.15) is 49.0 Å². The summed E-state index contributed by atoms with van der Waals surface area (Å²) in [6, 6.07) is 4.92. The van der Waals surface area contributed by atoms with E-state index in [0.717, 1.165) is 5.69 Å². The molecule has 92 valence electrons. The first-order chi connectivity index (χ1) is 8.27. The Kier molecular flexibility index (Phi) is 2.69. The second-order valence-electron chi connectivity index (χ2n) is 5.39. The molecule has 0 saturated heterocycles. The standard InChI is InChI=1S/C14H20N2O/c1-15-10-4-9-13(15)14(17)16(11-5-2-6-11)12-7-3-8-12/h4,9-12H,2-3,5-8H2,1H3. The number of carbonyl (C=O) groups is 1. The van der Waals surface area contributed by atoms with Crippen molar-refractivity contribution in [3.05, 3.63) is 24.0 Å². The molecule has 0 radical (unpaired) electrons. The van der Waals surface area contributed by atoms with Gasteiger partial charge in [0.05, 0.1) is 0 Å². The minimum absolute atomic E-state index is 0.243. The molecule has 0 bridgehead atoms. The zero-order valence-corrected chi connectivity index (χ0v) is 10.4. The fraction of sp³-hybridized carbons (Fsp3) is 0.643. The highest BCUT2D eigenvalue weighted by atomic mass is 16.2. The molecule has 1 heterocycles. The van der Waals surface area contributed by atoms with Crippen LogP contribution >= 0.6 is 0 Å². The van der Waals surface area contributed by atoms with Gasteiger partial charge in [-0.3, -0.25) is 4.79 Å². The number of hydrogen-bond donors (Lipinski definition) is 0. The molecular formula is C14H20N2O. The summed E-state index contributed by atoms with van der Waals surface area (Å²) in [6.07, 6.45) is 9.33. The number of amides is 1. The Labute approximate surface area is 102 Å². The smallest absolute Gasteiger partial charge is 0.270 e. The van der Waals surface area contributed by atoms with E-state index in [1.54, 1.807) is 0 Å². The highest BCUT2D eigenvalue weighted by Gasteiger charge is 2.37. The lowest BCUT2D eigenvalue weighted by Gasteiger charge is -2.46. The molecule has 0 aromatic carbocycles. The van der Waals surface area contributed by atoms with E-state index >= 15 is 0 Å². The summed E-state index contributed by atoms with van der Waals surface area (Å²) in [6.45, 7) is 0. The van der Waals surface area contributed by atoms with Crippen LogP contribution in [0.25, 0.3) is 0 Å². The molecular weight excluding hydrogens is 212 g/mol. The Morgan fingerprint density at radius 2 is 1.82 bits per heavy atom. The lowest BCUT2D eigenvalue weighted by molar-refractivity contribution is 0.0277. The van der Waals surface area contributed by atoms with Gasteiger partial charge in [-0.1, -0.05) is 0 Å². The predicted octanol–water partition coefficient (Wildman–Crippen LogP) is 2.57. The van der Waals surface area contributed by atoms with Crippen LogP contribution in [-0.2, 0) is 7.05 Å². The molecule has 3 nitrogen and oxygen atoms in total. The number of aryl methyl sites for hydroxylation is 1. The third-order valence-electron chi connectivity index (χ3n) is 4.33. The van der Waals surface area contributed by atoms with Gasteiger partial charge in [0.15, 0.2) is 0 Å². The van der Waals surface area contributed by atoms with Gasteiger partial charge in [0.25, 0.3) is 5.91 Å².